The van der Waals surface area contributed by atoms with Crippen LogP contribution in [-0.2, 0) is 17.8 Å². The highest BCUT2D eigenvalue weighted by atomic mass is 16.4. The summed E-state index contributed by atoms with van der Waals surface area (Å²) in [7, 11) is 0. The molecule has 0 saturated heterocycles. The Bertz CT molecular complexity index is 1250. The number of para-hydroxylation sites is 1. The van der Waals surface area contributed by atoms with Crippen molar-refractivity contribution in [3.63, 3.8) is 0 Å². The van der Waals surface area contributed by atoms with E-state index in [2.05, 4.69) is 20.3 Å². The molecule has 150 valence electrons. The van der Waals surface area contributed by atoms with Crippen LogP contribution in [0.25, 0.3) is 22.3 Å². The van der Waals surface area contributed by atoms with E-state index in [1.54, 1.807) is 30.5 Å². The first kappa shape index (κ1) is 19.3. The molecule has 8 heteroatoms. The van der Waals surface area contributed by atoms with Gasteiger partial charge in [0.1, 0.15) is 5.65 Å². The molecule has 2 aromatic carbocycles. The van der Waals surface area contributed by atoms with Gasteiger partial charge in [0.25, 0.3) is 5.91 Å². The third kappa shape index (κ3) is 3.89. The van der Waals surface area contributed by atoms with Gasteiger partial charge in [-0.05, 0) is 29.3 Å². The van der Waals surface area contributed by atoms with Crippen molar-refractivity contribution in [2.75, 3.05) is 5.32 Å². The van der Waals surface area contributed by atoms with E-state index in [1.807, 2.05) is 30.3 Å². The molecule has 4 rings (SSSR count). The van der Waals surface area contributed by atoms with Gasteiger partial charge in [0.2, 0.25) is 5.82 Å². The van der Waals surface area contributed by atoms with Crippen LogP contribution in [-0.4, -0.2) is 31.9 Å². The van der Waals surface area contributed by atoms with E-state index in [-0.39, 0.29) is 12.2 Å². The molecule has 0 bridgehead atoms. The minimum absolute atomic E-state index is 0.0248. The Balaban J connectivity index is 1.73. The smallest absolute Gasteiger partial charge is 0.307 e. The molecule has 0 aliphatic heterocycles. The number of nitrogens with zero attached hydrogens (tertiary/aromatic N) is 2. The van der Waals surface area contributed by atoms with Gasteiger partial charge < -0.3 is 21.1 Å². The van der Waals surface area contributed by atoms with Gasteiger partial charge in [-0.25, -0.2) is 9.97 Å². The molecule has 0 aliphatic carbocycles. The fourth-order valence-corrected chi connectivity index (χ4v) is 3.25. The number of carboxylic acid groups (broad SMARTS) is 1. The average molecular weight is 401 g/mol. The zero-order valence-corrected chi connectivity index (χ0v) is 15.9. The number of rotatable bonds is 6. The van der Waals surface area contributed by atoms with Crippen LogP contribution in [0.4, 0.5) is 5.69 Å². The largest absolute Gasteiger partial charge is 0.481 e. The summed E-state index contributed by atoms with van der Waals surface area (Å²) in [6.45, 7) is 0.392. The van der Waals surface area contributed by atoms with Gasteiger partial charge in [-0.1, -0.05) is 36.4 Å². The van der Waals surface area contributed by atoms with Crippen molar-refractivity contribution in [3.05, 3.63) is 77.7 Å². The average Bonchev–Trinajstić information content (AvgIpc) is 3.23. The molecule has 0 fully saturated rings. The van der Waals surface area contributed by atoms with E-state index in [4.69, 9.17) is 10.8 Å². The quantitative estimate of drug-likeness (QED) is 0.392. The lowest BCUT2D eigenvalue weighted by molar-refractivity contribution is -0.136. The number of hydrogen-bond acceptors (Lipinski definition) is 5. The van der Waals surface area contributed by atoms with Crippen molar-refractivity contribution >= 4 is 28.6 Å². The fraction of sp³-hybridized carbons (Fsp3) is 0.0909. The molecular formula is C22H19N5O3. The lowest BCUT2D eigenvalue weighted by Gasteiger charge is -2.11. The molecule has 0 radical (unpaired) electrons. The van der Waals surface area contributed by atoms with E-state index in [0.29, 0.717) is 29.1 Å². The number of aromatic nitrogens is 3. The number of carboxylic acids is 1. The number of carbonyl (C=O) groups excluding carboxylic acids is 1. The second-order valence-corrected chi connectivity index (χ2v) is 6.72. The van der Waals surface area contributed by atoms with E-state index < -0.39 is 11.9 Å². The number of anilines is 1. The predicted molar refractivity (Wildman–Crippen MR) is 113 cm³/mol. The van der Waals surface area contributed by atoms with Crippen LogP contribution < -0.4 is 11.1 Å². The standard InChI is InChI=1S/C22H19N5O3/c23-12-13-4-3-6-15(10-13)19-16-8-9-24-20(16)27-21(26-19)22(30)25-17-7-2-1-5-14(17)11-18(28)29/h1-10H,11-12,23H2,(H,25,30)(H,28,29)(H,24,26,27). The summed E-state index contributed by atoms with van der Waals surface area (Å²) in [5.41, 5.74) is 9.58. The Labute approximate surface area is 171 Å². The molecule has 0 spiro atoms. The summed E-state index contributed by atoms with van der Waals surface area (Å²) in [6.07, 6.45) is 1.53. The number of hydrogen-bond donors (Lipinski definition) is 4. The fourth-order valence-electron chi connectivity index (χ4n) is 3.25. The molecule has 8 nitrogen and oxygen atoms in total. The first-order valence-electron chi connectivity index (χ1n) is 9.30. The molecule has 4 aromatic rings. The lowest BCUT2D eigenvalue weighted by atomic mass is 10.1. The SMILES string of the molecule is NCc1cccc(-c2nc(C(=O)Nc3ccccc3CC(=O)O)nc3[nH]ccc23)c1. The number of aromatic amines is 1. The molecule has 5 N–H and O–H groups in total. The van der Waals surface area contributed by atoms with Gasteiger partial charge in [-0.2, -0.15) is 0 Å². The van der Waals surface area contributed by atoms with Crippen LogP contribution in [0.1, 0.15) is 21.7 Å². The maximum absolute atomic E-state index is 12.9. The zero-order valence-electron chi connectivity index (χ0n) is 15.9. The number of nitrogens with two attached hydrogens (primary N) is 1. The van der Waals surface area contributed by atoms with Gasteiger partial charge in [0.15, 0.2) is 0 Å². The number of benzene rings is 2. The van der Waals surface area contributed by atoms with Crippen molar-refractivity contribution in [2.45, 2.75) is 13.0 Å². The van der Waals surface area contributed by atoms with Crippen molar-refractivity contribution < 1.29 is 14.7 Å². The lowest BCUT2D eigenvalue weighted by Crippen LogP contribution is -2.18. The molecule has 2 aromatic heterocycles. The summed E-state index contributed by atoms with van der Waals surface area (Å²) in [6, 6.07) is 16.2. The molecule has 2 heterocycles. The monoisotopic (exact) mass is 401 g/mol. The van der Waals surface area contributed by atoms with Crippen LogP contribution in [0.3, 0.4) is 0 Å². The third-order valence-electron chi connectivity index (χ3n) is 4.66. The second-order valence-electron chi connectivity index (χ2n) is 6.72. The summed E-state index contributed by atoms with van der Waals surface area (Å²) in [5, 5.41) is 12.6. The number of aliphatic carboxylic acids is 1. The highest BCUT2D eigenvalue weighted by Crippen LogP contribution is 2.27. The van der Waals surface area contributed by atoms with Gasteiger partial charge in [0.05, 0.1) is 12.1 Å². The van der Waals surface area contributed by atoms with Gasteiger partial charge in [-0.15, -0.1) is 0 Å². The molecule has 30 heavy (non-hydrogen) atoms. The van der Waals surface area contributed by atoms with Crippen molar-refractivity contribution in [3.8, 4) is 11.3 Å². The summed E-state index contributed by atoms with van der Waals surface area (Å²) >= 11 is 0. The minimum Gasteiger partial charge on any atom is -0.481 e. The van der Waals surface area contributed by atoms with Gasteiger partial charge in [0, 0.05) is 29.4 Å². The molecular weight excluding hydrogens is 382 g/mol. The topological polar surface area (TPSA) is 134 Å². The zero-order chi connectivity index (χ0) is 21.1. The first-order valence-corrected chi connectivity index (χ1v) is 9.30. The number of nitrogens with one attached hydrogen (secondary N) is 2. The van der Waals surface area contributed by atoms with Gasteiger partial charge >= 0.3 is 5.97 Å². The molecule has 1 amide bonds. The first-order chi connectivity index (χ1) is 14.5. The van der Waals surface area contributed by atoms with Crippen molar-refractivity contribution in [1.82, 2.24) is 15.0 Å². The Morgan fingerprint density at radius 2 is 1.90 bits per heavy atom. The Hall–Kier alpha value is -4.04. The normalized spacial score (nSPS) is 10.8. The van der Waals surface area contributed by atoms with Gasteiger partial charge in [-0.3, -0.25) is 9.59 Å². The van der Waals surface area contributed by atoms with Crippen LogP contribution in [0, 0.1) is 0 Å². The van der Waals surface area contributed by atoms with Crippen LogP contribution in [0.15, 0.2) is 60.8 Å². The van der Waals surface area contributed by atoms with Crippen LogP contribution in [0.5, 0.6) is 0 Å². The van der Waals surface area contributed by atoms with E-state index in [9.17, 15) is 9.59 Å². The third-order valence-corrected chi connectivity index (χ3v) is 4.66. The maximum Gasteiger partial charge on any atom is 0.307 e. The minimum atomic E-state index is -0.983. The molecule has 0 aliphatic rings. The summed E-state index contributed by atoms with van der Waals surface area (Å²) in [5.74, 6) is -1.54. The Morgan fingerprint density at radius 3 is 2.70 bits per heavy atom. The van der Waals surface area contributed by atoms with E-state index in [0.717, 1.165) is 16.5 Å². The number of fused-ring (bicyclic) bond motifs is 1. The highest BCUT2D eigenvalue weighted by molar-refractivity contribution is 6.04. The van der Waals surface area contributed by atoms with Crippen LogP contribution in [0.2, 0.25) is 0 Å². The summed E-state index contributed by atoms with van der Waals surface area (Å²) in [4.78, 5) is 35.9. The Morgan fingerprint density at radius 1 is 1.07 bits per heavy atom. The summed E-state index contributed by atoms with van der Waals surface area (Å²) < 4.78 is 0. The second kappa shape index (κ2) is 8.14. The van der Waals surface area contributed by atoms with Crippen LogP contribution >= 0.6 is 0 Å². The molecule has 0 saturated carbocycles. The molecule has 0 atom stereocenters. The Kier molecular flexibility index (Phi) is 5.23. The number of carbonyl (C=O) groups is 2. The van der Waals surface area contributed by atoms with Crippen molar-refractivity contribution in [2.24, 2.45) is 5.73 Å². The number of amides is 1. The van der Waals surface area contributed by atoms with Crippen molar-refractivity contribution in [1.29, 1.82) is 0 Å². The highest BCUT2D eigenvalue weighted by Gasteiger charge is 2.18. The molecule has 0 unspecified atom stereocenters. The number of H-pyrrole nitrogens is 1. The van der Waals surface area contributed by atoms with E-state index >= 15 is 0 Å². The van der Waals surface area contributed by atoms with E-state index in [1.165, 1.54) is 0 Å². The predicted octanol–water partition coefficient (Wildman–Crippen LogP) is 2.96. The maximum atomic E-state index is 12.9.